The first-order valence-corrected chi connectivity index (χ1v) is 19.1. The summed E-state index contributed by atoms with van der Waals surface area (Å²) in [6, 6.07) is 2.47. The molecule has 3 N–H and O–H groups in total. The fourth-order valence-electron chi connectivity index (χ4n) is 7.15. The molecule has 5 heterocycles. The van der Waals surface area contributed by atoms with Crippen molar-refractivity contribution in [2.45, 2.75) is 79.0 Å². The van der Waals surface area contributed by atoms with Crippen LogP contribution in [0.4, 0.5) is 4.79 Å². The maximum absolute atomic E-state index is 13.3. The fraction of sp³-hybridized carbons (Fsp3) is 0.485. The number of nitrogens with one attached hydrogen (secondary N) is 2. The van der Waals surface area contributed by atoms with Crippen molar-refractivity contribution in [1.29, 1.82) is 0 Å². The van der Waals surface area contributed by atoms with Gasteiger partial charge < -0.3 is 50.2 Å². The van der Waals surface area contributed by atoms with Crippen molar-refractivity contribution in [2.75, 3.05) is 19.6 Å². The van der Waals surface area contributed by atoms with Gasteiger partial charge in [-0.05, 0) is 46.3 Å². The molecule has 0 spiro atoms. The Bertz CT molecular complexity index is 2050. The molecule has 5 fully saturated rings. The van der Waals surface area contributed by atoms with Gasteiger partial charge in [0, 0.05) is 24.4 Å². The molecular weight excluding hydrogens is 815 g/mol. The van der Waals surface area contributed by atoms with Crippen LogP contribution in [0.1, 0.15) is 46.2 Å². The van der Waals surface area contributed by atoms with Crippen LogP contribution >= 0.6 is 11.8 Å². The topological polar surface area (TPSA) is 291 Å². The summed E-state index contributed by atoms with van der Waals surface area (Å²) in [4.78, 5) is 113. The van der Waals surface area contributed by atoms with Gasteiger partial charge in [-0.3, -0.25) is 28.9 Å². The number of sulfone groups is 1. The van der Waals surface area contributed by atoms with Gasteiger partial charge in [-0.2, -0.15) is 0 Å². The van der Waals surface area contributed by atoms with Gasteiger partial charge in [0.25, 0.3) is 5.91 Å². The molecular formula is C33H36N6Na2O14S2. The molecule has 1 aromatic carbocycles. The Labute approximate surface area is 374 Å². The van der Waals surface area contributed by atoms with E-state index in [9.17, 15) is 66.9 Å². The summed E-state index contributed by atoms with van der Waals surface area (Å²) in [5.41, 5.74) is -0.0856. The van der Waals surface area contributed by atoms with Gasteiger partial charge in [0.15, 0.2) is 15.2 Å². The maximum Gasteiger partial charge on any atom is 1.00 e. The minimum Gasteiger partial charge on any atom is -0.548 e. The molecule has 0 aromatic heterocycles. The third-order valence-corrected chi connectivity index (χ3v) is 14.4. The number of fused-ring (bicyclic) bond motifs is 2. The molecule has 0 bridgehead atoms. The van der Waals surface area contributed by atoms with E-state index in [1.54, 1.807) is 51.1 Å². The molecule has 0 radical (unpaired) electrons. The zero-order valence-electron chi connectivity index (χ0n) is 31.9. The Hall–Kier alpha value is -3.51. The minimum absolute atomic E-state index is 0. The Morgan fingerprint density at radius 1 is 0.930 bits per heavy atom. The van der Waals surface area contributed by atoms with E-state index in [4.69, 9.17) is 0 Å². The second-order valence-electron chi connectivity index (χ2n) is 14.1. The van der Waals surface area contributed by atoms with E-state index < -0.39 is 113 Å². The quantitative estimate of drug-likeness (QED) is 0.0948. The second-order valence-corrected chi connectivity index (χ2v) is 18.4. The molecule has 0 saturated carbocycles. The van der Waals surface area contributed by atoms with Gasteiger partial charge in [0.2, 0.25) is 11.8 Å². The van der Waals surface area contributed by atoms with Gasteiger partial charge in [-0.15, -0.1) is 11.8 Å². The number of hydrogen-bond acceptors (Lipinski definition) is 14. The fourth-order valence-corrected chi connectivity index (χ4v) is 10.9. The van der Waals surface area contributed by atoms with Crippen molar-refractivity contribution in [3.05, 3.63) is 47.5 Å². The number of carbonyl (C=O) groups excluding carboxylic acids is 8. The van der Waals surface area contributed by atoms with Crippen LogP contribution in [0.3, 0.4) is 0 Å². The van der Waals surface area contributed by atoms with Crippen LogP contribution in [0.25, 0.3) is 0 Å². The van der Waals surface area contributed by atoms with E-state index in [1.807, 2.05) is 0 Å². The summed E-state index contributed by atoms with van der Waals surface area (Å²) in [5, 5.41) is 34.1. The average molecular weight is 851 g/mol. The first kappa shape index (κ1) is 47.9. The van der Waals surface area contributed by atoms with Crippen molar-refractivity contribution in [2.24, 2.45) is 0 Å². The average Bonchev–Trinajstić information content (AvgIpc) is 3.45. The van der Waals surface area contributed by atoms with E-state index in [1.165, 1.54) is 21.6 Å². The Kier molecular flexibility index (Phi) is 14.6. The number of carbonyl (C=O) groups is 9. The minimum atomic E-state index is -4.06. The number of imide groups is 1. The van der Waals surface area contributed by atoms with Crippen molar-refractivity contribution in [1.82, 2.24) is 30.2 Å². The number of thioether (sulfide) groups is 1. The smallest absolute Gasteiger partial charge is 0.548 e. The molecule has 20 nitrogen and oxygen atoms in total. The van der Waals surface area contributed by atoms with Crippen molar-refractivity contribution in [3.8, 4) is 0 Å². The molecule has 5 aliphatic heterocycles. The molecule has 0 aliphatic carbocycles. The number of carboxylic acids is 3. The van der Waals surface area contributed by atoms with Gasteiger partial charge in [0.1, 0.15) is 23.5 Å². The first-order chi connectivity index (χ1) is 25.5. The number of likely N-dealkylation sites (N-methyl/N-ethyl adjacent to an activating group) is 1. The SMILES string of the molecule is CC1(C)[C@H](C(=O)[O-])N2C(=O)/C(=C/C(=O)[O-])[C@H]2S1(=O)=O.CCN1CCN(C(=O)NC(C(=O)N[C@H]2C(=O)N3[C@H]2SC(C)(C)[C@H]3C(=O)O)c2ccccc2)C(=O)C1=O.[Na+].[Na+]. The maximum atomic E-state index is 13.3. The van der Waals surface area contributed by atoms with Gasteiger partial charge >= 0.3 is 82.9 Å². The van der Waals surface area contributed by atoms with Crippen molar-refractivity contribution >= 4 is 75.1 Å². The molecule has 6 atom stereocenters. The van der Waals surface area contributed by atoms with E-state index in [2.05, 4.69) is 10.6 Å². The van der Waals surface area contributed by atoms with E-state index in [0.717, 1.165) is 18.7 Å². The third kappa shape index (κ3) is 8.23. The number of carboxylic acid groups (broad SMARTS) is 3. The number of urea groups is 1. The second kappa shape index (κ2) is 17.4. The van der Waals surface area contributed by atoms with E-state index in [-0.39, 0.29) is 72.2 Å². The Balaban J connectivity index is 0.000000352. The van der Waals surface area contributed by atoms with Crippen LogP contribution in [0.15, 0.2) is 42.0 Å². The number of aliphatic carboxylic acids is 3. The zero-order chi connectivity index (χ0) is 41.1. The molecule has 1 aromatic rings. The summed E-state index contributed by atoms with van der Waals surface area (Å²) < 4.78 is 21.9. The number of benzene rings is 1. The number of rotatable bonds is 8. The van der Waals surface area contributed by atoms with Crippen LogP contribution < -0.4 is 80.0 Å². The van der Waals surface area contributed by atoms with Crippen LogP contribution in [-0.4, -0.2) is 145 Å². The summed E-state index contributed by atoms with van der Waals surface area (Å²) in [7, 11) is -4.06. The van der Waals surface area contributed by atoms with Crippen molar-refractivity contribution < 1.29 is 126 Å². The summed E-state index contributed by atoms with van der Waals surface area (Å²) in [6.45, 7) is 7.99. The summed E-state index contributed by atoms with van der Waals surface area (Å²) >= 11 is 1.28. The predicted octanol–water partition coefficient (Wildman–Crippen LogP) is -10.1. The van der Waals surface area contributed by atoms with E-state index >= 15 is 0 Å². The molecule has 5 aliphatic rings. The molecule has 7 amide bonds. The third-order valence-electron chi connectivity index (χ3n) is 10.0. The number of piperazine rings is 1. The number of amides is 7. The number of β-lactam (4-membered cyclic amide) rings is 2. The summed E-state index contributed by atoms with van der Waals surface area (Å²) in [5.74, 6) is -8.48. The van der Waals surface area contributed by atoms with Crippen molar-refractivity contribution in [3.63, 3.8) is 0 Å². The number of hydrogen-bond donors (Lipinski definition) is 3. The molecule has 1 unspecified atom stereocenters. The summed E-state index contributed by atoms with van der Waals surface area (Å²) in [6.07, 6.45) is 0.384. The van der Waals surface area contributed by atoms with Gasteiger partial charge in [-0.25, -0.2) is 18.0 Å². The number of nitrogens with zero attached hydrogens (tertiary/aromatic N) is 4. The van der Waals surface area contributed by atoms with Crippen LogP contribution in [0.5, 0.6) is 0 Å². The zero-order valence-corrected chi connectivity index (χ0v) is 37.5. The first-order valence-electron chi connectivity index (χ1n) is 16.7. The Morgan fingerprint density at radius 3 is 2.05 bits per heavy atom. The van der Waals surface area contributed by atoms with E-state index in [0.29, 0.717) is 23.1 Å². The largest absolute Gasteiger partial charge is 1.00 e. The van der Waals surface area contributed by atoms with Crippen LogP contribution in [0, 0.1) is 0 Å². The van der Waals surface area contributed by atoms with Gasteiger partial charge in [0.05, 0.1) is 28.3 Å². The van der Waals surface area contributed by atoms with Gasteiger partial charge in [-0.1, -0.05) is 30.3 Å². The standard InChI is InChI=1S/C23H27N5O7S.C10H11NO7S.2Na/c1-4-26-10-11-27(19(32)18(26)31)22(35)25-13(12-8-6-5-7-9-12)16(29)24-14-17(30)28-15(21(33)34)23(2,3)36-20(14)28;1-10(2)6(9(15)16)11-7(14)4(3-5(12)13)8(11)19(10,17)18;;/h5-9,13-15,20H,4,10-11H2,1-3H3,(H,24,29)(H,25,35)(H,33,34);3,6,8H,1-2H3,(H,12,13)(H,15,16);;/q;;2*+1/p-2/b;4-3-;;/t13?,14-,15+,20-;6-,8+;;/m00../s1. The molecule has 6 rings (SSSR count). The molecule has 57 heavy (non-hydrogen) atoms. The molecule has 296 valence electrons. The normalized spacial score (nSPS) is 27.2. The Morgan fingerprint density at radius 2 is 1.53 bits per heavy atom. The molecule has 5 saturated heterocycles. The predicted molar refractivity (Wildman–Crippen MR) is 183 cm³/mol. The van der Waals surface area contributed by atoms with Crippen LogP contribution in [-0.2, 0) is 48.2 Å². The monoisotopic (exact) mass is 850 g/mol. The molecule has 24 heteroatoms. The van der Waals surface area contributed by atoms with Crippen LogP contribution in [0.2, 0.25) is 0 Å².